The van der Waals surface area contributed by atoms with Crippen LogP contribution < -0.4 is 10.2 Å². The van der Waals surface area contributed by atoms with E-state index in [2.05, 4.69) is 81.7 Å². The van der Waals surface area contributed by atoms with E-state index in [0.29, 0.717) is 5.95 Å². The monoisotopic (exact) mass is 331 g/mol. The lowest BCUT2D eigenvalue weighted by Gasteiger charge is -2.29. The van der Waals surface area contributed by atoms with Gasteiger partial charge in [-0.3, -0.25) is 0 Å². The molecule has 2 heterocycles. The van der Waals surface area contributed by atoms with Crippen molar-refractivity contribution in [2.45, 2.75) is 26.8 Å². The molecule has 0 aliphatic carbocycles. The Morgan fingerprint density at radius 2 is 1.88 bits per heavy atom. The summed E-state index contributed by atoms with van der Waals surface area (Å²) in [5.74, 6) is 1.39. The molecular formula is C20H21N5. The first kappa shape index (κ1) is 15.6. The summed E-state index contributed by atoms with van der Waals surface area (Å²) in [6.45, 7) is 5.97. The molecule has 0 saturated heterocycles. The molecule has 3 aromatic rings. The number of hydrogen-bond acceptors (Lipinski definition) is 5. The molecule has 0 unspecified atom stereocenters. The number of nitrogens with zero attached hydrogens (tertiary/aromatic N) is 4. The van der Waals surface area contributed by atoms with Crippen LogP contribution in [0.15, 0.2) is 48.7 Å². The van der Waals surface area contributed by atoms with Crippen molar-refractivity contribution in [2.24, 2.45) is 0 Å². The second kappa shape index (κ2) is 6.51. The van der Waals surface area contributed by atoms with Gasteiger partial charge in [-0.2, -0.15) is 10.1 Å². The third-order valence-corrected chi connectivity index (χ3v) is 4.63. The number of aryl methyl sites for hydroxylation is 2. The van der Waals surface area contributed by atoms with E-state index in [0.717, 1.165) is 31.0 Å². The topological polar surface area (TPSA) is 53.9 Å². The third-order valence-electron chi connectivity index (χ3n) is 4.63. The molecule has 5 nitrogen and oxygen atoms in total. The van der Waals surface area contributed by atoms with Crippen molar-refractivity contribution >= 4 is 17.5 Å². The first-order valence-electron chi connectivity index (χ1n) is 8.55. The van der Waals surface area contributed by atoms with Crippen molar-refractivity contribution in [2.75, 3.05) is 16.8 Å². The van der Waals surface area contributed by atoms with E-state index >= 15 is 0 Å². The molecule has 1 aromatic heterocycles. The number of hydrogen-bond donors (Lipinski definition) is 1. The Balaban J connectivity index is 1.56. The molecule has 1 aliphatic heterocycles. The Kier molecular flexibility index (Phi) is 4.06. The molecular weight excluding hydrogens is 310 g/mol. The van der Waals surface area contributed by atoms with Crippen LogP contribution in [0.4, 0.5) is 17.5 Å². The minimum absolute atomic E-state index is 0.531. The largest absolute Gasteiger partial charge is 0.350 e. The molecule has 1 aliphatic rings. The van der Waals surface area contributed by atoms with Gasteiger partial charge in [0.1, 0.15) is 0 Å². The molecule has 5 heteroatoms. The second-order valence-corrected chi connectivity index (χ2v) is 6.52. The van der Waals surface area contributed by atoms with E-state index in [1.807, 2.05) is 0 Å². The van der Waals surface area contributed by atoms with E-state index in [1.54, 1.807) is 6.20 Å². The molecule has 0 atom stereocenters. The summed E-state index contributed by atoms with van der Waals surface area (Å²) in [5.41, 5.74) is 6.20. The van der Waals surface area contributed by atoms with Gasteiger partial charge in [0.15, 0.2) is 5.82 Å². The Bertz CT molecular complexity index is 906. The second-order valence-electron chi connectivity index (χ2n) is 6.52. The zero-order chi connectivity index (χ0) is 17.2. The first-order valence-corrected chi connectivity index (χ1v) is 8.55. The predicted octanol–water partition coefficient (Wildman–Crippen LogP) is 3.79. The van der Waals surface area contributed by atoms with Crippen molar-refractivity contribution in [3.05, 3.63) is 70.9 Å². The maximum Gasteiger partial charge on any atom is 0.249 e. The highest BCUT2D eigenvalue weighted by atomic mass is 15.3. The van der Waals surface area contributed by atoms with Crippen LogP contribution in [0.1, 0.15) is 22.3 Å². The van der Waals surface area contributed by atoms with Crippen LogP contribution in [-0.2, 0) is 13.0 Å². The van der Waals surface area contributed by atoms with Gasteiger partial charge >= 0.3 is 0 Å². The van der Waals surface area contributed by atoms with Crippen LogP contribution in [0.5, 0.6) is 0 Å². The zero-order valence-corrected chi connectivity index (χ0v) is 14.5. The molecule has 0 fully saturated rings. The lowest BCUT2D eigenvalue weighted by atomic mass is 10.0. The van der Waals surface area contributed by atoms with Crippen LogP contribution >= 0.6 is 0 Å². The number of aromatic nitrogens is 3. The van der Waals surface area contributed by atoms with E-state index < -0.39 is 0 Å². The molecule has 2 aromatic carbocycles. The molecule has 4 rings (SSSR count). The van der Waals surface area contributed by atoms with E-state index in [-0.39, 0.29) is 0 Å². The van der Waals surface area contributed by atoms with Crippen LogP contribution in [0, 0.1) is 13.8 Å². The van der Waals surface area contributed by atoms with Gasteiger partial charge in [0, 0.05) is 18.8 Å². The predicted molar refractivity (Wildman–Crippen MR) is 100 cm³/mol. The summed E-state index contributed by atoms with van der Waals surface area (Å²) >= 11 is 0. The Hall–Kier alpha value is -2.95. The lowest BCUT2D eigenvalue weighted by Crippen LogP contribution is -2.31. The van der Waals surface area contributed by atoms with Crippen LogP contribution in [0.3, 0.4) is 0 Å². The van der Waals surface area contributed by atoms with Crippen molar-refractivity contribution in [3.8, 4) is 0 Å². The maximum atomic E-state index is 4.67. The molecule has 0 saturated carbocycles. The van der Waals surface area contributed by atoms with Gasteiger partial charge in [0.2, 0.25) is 5.95 Å². The molecule has 0 spiro atoms. The number of benzene rings is 2. The minimum Gasteiger partial charge on any atom is -0.350 e. The summed E-state index contributed by atoms with van der Waals surface area (Å²) in [6.07, 6.45) is 2.77. The average molecular weight is 331 g/mol. The van der Waals surface area contributed by atoms with Crippen molar-refractivity contribution < 1.29 is 0 Å². The van der Waals surface area contributed by atoms with Gasteiger partial charge in [0.25, 0.3) is 0 Å². The summed E-state index contributed by atoms with van der Waals surface area (Å²) < 4.78 is 0. The number of nitrogens with one attached hydrogen (secondary N) is 1. The van der Waals surface area contributed by atoms with E-state index in [4.69, 9.17) is 0 Å². The quantitative estimate of drug-likeness (QED) is 0.791. The van der Waals surface area contributed by atoms with Crippen molar-refractivity contribution in [1.82, 2.24) is 15.2 Å². The molecule has 126 valence electrons. The van der Waals surface area contributed by atoms with Gasteiger partial charge < -0.3 is 10.2 Å². The summed E-state index contributed by atoms with van der Waals surface area (Å²) in [5, 5.41) is 11.6. The van der Waals surface area contributed by atoms with Gasteiger partial charge in [-0.05, 0) is 43.0 Å². The van der Waals surface area contributed by atoms with Crippen LogP contribution in [0.2, 0.25) is 0 Å². The van der Waals surface area contributed by atoms with E-state index in [9.17, 15) is 0 Å². The number of fused-ring (bicyclic) bond motifs is 1. The Morgan fingerprint density at radius 1 is 1.04 bits per heavy atom. The van der Waals surface area contributed by atoms with Crippen LogP contribution in [0.25, 0.3) is 0 Å². The number of anilines is 3. The number of rotatable bonds is 3. The Morgan fingerprint density at radius 3 is 2.72 bits per heavy atom. The summed E-state index contributed by atoms with van der Waals surface area (Å²) in [6, 6.07) is 14.9. The minimum atomic E-state index is 0.531. The highest BCUT2D eigenvalue weighted by Crippen LogP contribution is 2.24. The zero-order valence-electron chi connectivity index (χ0n) is 14.5. The SMILES string of the molecule is Cc1ccc(Nc2nncc(N3CCc4ccccc4C3)n2)c(C)c1. The Labute approximate surface area is 147 Å². The van der Waals surface area contributed by atoms with Crippen LogP contribution in [-0.4, -0.2) is 21.7 Å². The molecule has 0 amide bonds. The third kappa shape index (κ3) is 3.31. The van der Waals surface area contributed by atoms with E-state index in [1.165, 1.54) is 22.3 Å². The molecule has 0 bridgehead atoms. The van der Waals surface area contributed by atoms with Gasteiger partial charge in [0.05, 0.1) is 6.20 Å². The van der Waals surface area contributed by atoms with Gasteiger partial charge in [-0.15, -0.1) is 5.10 Å². The lowest BCUT2D eigenvalue weighted by molar-refractivity contribution is 0.715. The van der Waals surface area contributed by atoms with Crippen molar-refractivity contribution in [1.29, 1.82) is 0 Å². The smallest absolute Gasteiger partial charge is 0.249 e. The van der Waals surface area contributed by atoms with Gasteiger partial charge in [-0.25, -0.2) is 0 Å². The highest BCUT2D eigenvalue weighted by Gasteiger charge is 2.18. The fourth-order valence-corrected chi connectivity index (χ4v) is 3.27. The standard InChI is InChI=1S/C20H21N5/c1-14-7-8-18(15(2)11-14)22-20-23-19(12-21-24-20)25-10-9-16-5-3-4-6-17(16)13-25/h3-8,11-12H,9-10,13H2,1-2H3,(H,22,23,24). The maximum absolute atomic E-state index is 4.67. The molecule has 25 heavy (non-hydrogen) atoms. The normalized spacial score (nSPS) is 13.4. The summed E-state index contributed by atoms with van der Waals surface area (Å²) in [7, 11) is 0. The molecule has 1 N–H and O–H groups in total. The first-order chi connectivity index (χ1) is 12.2. The average Bonchev–Trinajstić information content (AvgIpc) is 2.64. The fourth-order valence-electron chi connectivity index (χ4n) is 3.27. The molecule has 0 radical (unpaired) electrons. The van der Waals surface area contributed by atoms with Gasteiger partial charge in [-0.1, -0.05) is 42.0 Å². The highest BCUT2D eigenvalue weighted by molar-refractivity contribution is 5.59. The van der Waals surface area contributed by atoms with Crippen molar-refractivity contribution in [3.63, 3.8) is 0 Å². The summed E-state index contributed by atoms with van der Waals surface area (Å²) in [4.78, 5) is 6.92. The fraction of sp³-hybridized carbons (Fsp3) is 0.250.